The summed E-state index contributed by atoms with van der Waals surface area (Å²) in [5, 5.41) is 18.4. The van der Waals surface area contributed by atoms with E-state index < -0.39 is 6.10 Å². The fourth-order valence-corrected chi connectivity index (χ4v) is 1.75. The Morgan fingerprint density at radius 3 is 2.79 bits per heavy atom. The van der Waals surface area contributed by atoms with E-state index in [4.69, 9.17) is 10.00 Å². The summed E-state index contributed by atoms with van der Waals surface area (Å²) in [5.41, 5.74) is 1.62. The highest BCUT2D eigenvalue weighted by Gasteiger charge is 2.09. The minimum atomic E-state index is -0.513. The number of hydrogen-bond acceptors (Lipinski definition) is 5. The molecule has 0 aliphatic heterocycles. The van der Waals surface area contributed by atoms with Crippen molar-refractivity contribution >= 4 is 5.69 Å². The van der Waals surface area contributed by atoms with Gasteiger partial charge in [0.05, 0.1) is 42.8 Å². The molecule has 0 bridgehead atoms. The first kappa shape index (κ1) is 15.4. The zero-order valence-corrected chi connectivity index (χ0v) is 11.5. The number of methoxy groups -OCH3 is 1. The van der Waals surface area contributed by atoms with Gasteiger partial charge in [-0.25, -0.2) is 0 Å². The van der Waals surface area contributed by atoms with Crippen LogP contribution in [0, 0.1) is 11.3 Å². The maximum Gasteiger partial charge on any atom is 0.0957 e. The molecule has 0 aromatic carbocycles. The van der Waals surface area contributed by atoms with Crippen molar-refractivity contribution in [2.45, 2.75) is 25.9 Å². The van der Waals surface area contributed by atoms with Gasteiger partial charge in [-0.1, -0.05) is 6.92 Å². The van der Waals surface area contributed by atoms with Crippen LogP contribution in [0.4, 0.5) is 5.69 Å². The molecule has 5 nitrogen and oxygen atoms in total. The Hall–Kier alpha value is -1.64. The largest absolute Gasteiger partial charge is 0.387 e. The summed E-state index contributed by atoms with van der Waals surface area (Å²) in [6, 6.07) is 5.89. The van der Waals surface area contributed by atoms with Crippen LogP contribution in [-0.2, 0) is 4.74 Å². The van der Waals surface area contributed by atoms with E-state index in [1.54, 1.807) is 13.3 Å². The van der Waals surface area contributed by atoms with Crippen LogP contribution in [0.2, 0.25) is 0 Å². The van der Waals surface area contributed by atoms with Crippen molar-refractivity contribution < 1.29 is 9.84 Å². The molecule has 5 heteroatoms. The third-order valence-electron chi connectivity index (χ3n) is 2.92. The highest BCUT2D eigenvalue weighted by Crippen LogP contribution is 2.18. The van der Waals surface area contributed by atoms with Crippen molar-refractivity contribution in [2.24, 2.45) is 0 Å². The average Bonchev–Trinajstić information content (AvgIpc) is 2.47. The van der Waals surface area contributed by atoms with Gasteiger partial charge in [-0.15, -0.1) is 0 Å². The van der Waals surface area contributed by atoms with E-state index in [0.29, 0.717) is 31.7 Å². The van der Waals surface area contributed by atoms with Gasteiger partial charge in [0, 0.05) is 20.2 Å². The van der Waals surface area contributed by atoms with E-state index in [1.165, 1.54) is 0 Å². The van der Waals surface area contributed by atoms with Crippen LogP contribution in [0.15, 0.2) is 18.3 Å². The second-order valence-corrected chi connectivity index (χ2v) is 4.25. The maximum atomic E-state index is 9.70. The minimum Gasteiger partial charge on any atom is -0.387 e. The van der Waals surface area contributed by atoms with Gasteiger partial charge in [-0.3, -0.25) is 4.98 Å². The highest BCUT2D eigenvalue weighted by molar-refractivity contribution is 5.44. The van der Waals surface area contributed by atoms with E-state index >= 15 is 0 Å². The summed E-state index contributed by atoms with van der Waals surface area (Å²) in [7, 11) is 1.65. The van der Waals surface area contributed by atoms with Crippen molar-refractivity contribution in [1.29, 1.82) is 5.26 Å². The number of nitriles is 1. The standard InChI is InChI=1S/C14H21N3O2/c1-3-14(18)13-6-5-12(11-16-13)17(8-4-7-15)9-10-19-2/h5-6,11,14,18H,3-4,8-10H2,1-2H3. The molecule has 0 saturated carbocycles. The van der Waals surface area contributed by atoms with E-state index in [9.17, 15) is 5.11 Å². The molecule has 19 heavy (non-hydrogen) atoms. The van der Waals surface area contributed by atoms with Gasteiger partial charge in [0.25, 0.3) is 0 Å². The molecule has 1 atom stereocenters. The summed E-state index contributed by atoms with van der Waals surface area (Å²) < 4.78 is 5.07. The van der Waals surface area contributed by atoms with E-state index in [1.807, 2.05) is 19.1 Å². The zero-order valence-electron chi connectivity index (χ0n) is 11.5. The molecular weight excluding hydrogens is 242 g/mol. The normalized spacial score (nSPS) is 11.9. The number of ether oxygens (including phenoxy) is 1. The molecule has 1 unspecified atom stereocenters. The van der Waals surface area contributed by atoms with Crippen LogP contribution >= 0.6 is 0 Å². The van der Waals surface area contributed by atoms with Crippen LogP contribution in [0.3, 0.4) is 0 Å². The van der Waals surface area contributed by atoms with Crippen LogP contribution < -0.4 is 4.90 Å². The quantitative estimate of drug-likeness (QED) is 0.775. The molecule has 0 saturated heterocycles. The third-order valence-corrected chi connectivity index (χ3v) is 2.92. The molecule has 1 rings (SSSR count). The molecule has 0 aliphatic carbocycles. The first-order chi connectivity index (χ1) is 9.22. The van der Waals surface area contributed by atoms with Crippen LogP contribution in [0.25, 0.3) is 0 Å². The molecule has 1 heterocycles. The molecule has 104 valence electrons. The molecule has 0 fully saturated rings. The van der Waals surface area contributed by atoms with Crippen LogP contribution in [0.1, 0.15) is 31.6 Å². The molecule has 0 radical (unpaired) electrons. The van der Waals surface area contributed by atoms with Crippen molar-refractivity contribution in [3.05, 3.63) is 24.0 Å². The minimum absolute atomic E-state index is 0.461. The van der Waals surface area contributed by atoms with Gasteiger partial charge < -0.3 is 14.7 Å². The lowest BCUT2D eigenvalue weighted by Gasteiger charge is -2.23. The molecule has 0 spiro atoms. The fraction of sp³-hybridized carbons (Fsp3) is 0.571. The van der Waals surface area contributed by atoms with Crippen molar-refractivity contribution in [3.8, 4) is 6.07 Å². The molecule has 1 aromatic heterocycles. The fourth-order valence-electron chi connectivity index (χ4n) is 1.75. The van der Waals surface area contributed by atoms with E-state index in [2.05, 4.69) is 16.0 Å². The topological polar surface area (TPSA) is 69.4 Å². The Bertz CT molecular complexity index is 400. The molecule has 1 aromatic rings. The number of aliphatic hydroxyl groups is 1. The molecular formula is C14H21N3O2. The number of aliphatic hydroxyl groups excluding tert-OH is 1. The average molecular weight is 263 g/mol. The Labute approximate surface area is 114 Å². The predicted molar refractivity (Wildman–Crippen MR) is 73.8 cm³/mol. The van der Waals surface area contributed by atoms with Gasteiger partial charge in [0.15, 0.2) is 0 Å². The summed E-state index contributed by atoms with van der Waals surface area (Å²) in [4.78, 5) is 6.33. The second-order valence-electron chi connectivity index (χ2n) is 4.25. The Balaban J connectivity index is 2.75. The Morgan fingerprint density at radius 1 is 1.47 bits per heavy atom. The first-order valence-corrected chi connectivity index (χ1v) is 6.47. The Morgan fingerprint density at radius 2 is 2.26 bits per heavy atom. The lowest BCUT2D eigenvalue weighted by atomic mass is 10.2. The summed E-state index contributed by atoms with van der Waals surface area (Å²) in [5.74, 6) is 0. The monoisotopic (exact) mass is 263 g/mol. The number of anilines is 1. The Kier molecular flexibility index (Phi) is 6.86. The van der Waals surface area contributed by atoms with Crippen LogP contribution in [-0.4, -0.2) is 36.9 Å². The lowest BCUT2D eigenvalue weighted by Crippen LogP contribution is -2.28. The van der Waals surface area contributed by atoms with Crippen molar-refractivity contribution in [1.82, 2.24) is 4.98 Å². The summed E-state index contributed by atoms with van der Waals surface area (Å²) in [6.07, 6.45) is 2.33. The SMILES string of the molecule is CCC(O)c1ccc(N(CCC#N)CCOC)cn1. The number of pyridine rings is 1. The van der Waals surface area contributed by atoms with Gasteiger partial charge in [0.2, 0.25) is 0 Å². The number of rotatable bonds is 8. The number of aromatic nitrogens is 1. The summed E-state index contributed by atoms with van der Waals surface area (Å²) >= 11 is 0. The van der Waals surface area contributed by atoms with Crippen LogP contribution in [0.5, 0.6) is 0 Å². The molecule has 0 amide bonds. The van der Waals surface area contributed by atoms with Crippen molar-refractivity contribution in [2.75, 3.05) is 31.7 Å². The smallest absolute Gasteiger partial charge is 0.0957 e. The maximum absolute atomic E-state index is 9.70. The number of hydrogen-bond donors (Lipinski definition) is 1. The van der Waals surface area contributed by atoms with E-state index in [0.717, 1.165) is 12.2 Å². The molecule has 0 aliphatic rings. The first-order valence-electron chi connectivity index (χ1n) is 6.47. The predicted octanol–water partition coefficient (Wildman–Crippen LogP) is 1.89. The van der Waals surface area contributed by atoms with Gasteiger partial charge in [-0.2, -0.15) is 5.26 Å². The number of nitrogens with zero attached hydrogens (tertiary/aromatic N) is 3. The third kappa shape index (κ3) is 4.86. The van der Waals surface area contributed by atoms with E-state index in [-0.39, 0.29) is 0 Å². The van der Waals surface area contributed by atoms with Crippen molar-refractivity contribution in [3.63, 3.8) is 0 Å². The zero-order chi connectivity index (χ0) is 14.1. The van der Waals surface area contributed by atoms with Gasteiger partial charge in [0.1, 0.15) is 0 Å². The summed E-state index contributed by atoms with van der Waals surface area (Å²) in [6.45, 7) is 3.88. The van der Waals surface area contributed by atoms with Gasteiger partial charge in [-0.05, 0) is 18.6 Å². The molecule has 1 N–H and O–H groups in total. The second kappa shape index (κ2) is 8.46. The highest BCUT2D eigenvalue weighted by atomic mass is 16.5. The lowest BCUT2D eigenvalue weighted by molar-refractivity contribution is 0.169. The van der Waals surface area contributed by atoms with Gasteiger partial charge >= 0.3 is 0 Å².